The lowest BCUT2D eigenvalue weighted by molar-refractivity contribution is 0.0709. The van der Waals surface area contributed by atoms with Crippen LogP contribution in [0.5, 0.6) is 0 Å². The molecule has 0 spiro atoms. The van der Waals surface area contributed by atoms with Crippen molar-refractivity contribution in [2.24, 2.45) is 5.41 Å². The van der Waals surface area contributed by atoms with E-state index in [2.05, 4.69) is 32.6 Å². The quantitative estimate of drug-likeness (QED) is 0.690. The van der Waals surface area contributed by atoms with Gasteiger partial charge in [-0.05, 0) is 31.7 Å². The van der Waals surface area contributed by atoms with Crippen LogP contribution in [0.2, 0.25) is 0 Å². The van der Waals surface area contributed by atoms with Crippen LogP contribution in [-0.2, 0) is 4.74 Å². The molecule has 0 saturated carbocycles. The molecule has 1 rings (SSSR count). The molecule has 0 aromatic carbocycles. The lowest BCUT2D eigenvalue weighted by Gasteiger charge is -2.31. The first-order chi connectivity index (χ1) is 6.53. The summed E-state index contributed by atoms with van der Waals surface area (Å²) >= 11 is 0. The van der Waals surface area contributed by atoms with Gasteiger partial charge in [0, 0.05) is 19.2 Å². The molecule has 1 fully saturated rings. The van der Waals surface area contributed by atoms with Gasteiger partial charge in [-0.3, -0.25) is 4.90 Å². The van der Waals surface area contributed by atoms with Gasteiger partial charge in [0.25, 0.3) is 0 Å². The van der Waals surface area contributed by atoms with E-state index in [1.165, 1.54) is 25.9 Å². The summed E-state index contributed by atoms with van der Waals surface area (Å²) in [6, 6.07) is 0.675. The van der Waals surface area contributed by atoms with Crippen molar-refractivity contribution in [3.05, 3.63) is 0 Å². The van der Waals surface area contributed by atoms with Crippen molar-refractivity contribution >= 4 is 0 Å². The van der Waals surface area contributed by atoms with Gasteiger partial charge in [-0.25, -0.2) is 0 Å². The molecule has 1 saturated heterocycles. The molecule has 0 amide bonds. The molecule has 1 aliphatic heterocycles. The molecule has 1 heterocycles. The first-order valence-electron chi connectivity index (χ1n) is 5.85. The van der Waals surface area contributed by atoms with E-state index in [4.69, 9.17) is 4.74 Å². The Morgan fingerprint density at radius 2 is 2.07 bits per heavy atom. The summed E-state index contributed by atoms with van der Waals surface area (Å²) in [6.45, 7) is 13.2. The molecule has 0 radical (unpaired) electrons. The van der Waals surface area contributed by atoms with Crippen LogP contribution < -0.4 is 0 Å². The van der Waals surface area contributed by atoms with E-state index in [-0.39, 0.29) is 0 Å². The number of nitrogens with zero attached hydrogens (tertiary/aromatic N) is 1. The number of hydrogen-bond acceptors (Lipinski definition) is 2. The number of ether oxygens (including phenoxy) is 1. The Labute approximate surface area is 88.6 Å². The second kappa shape index (κ2) is 5.13. The molecule has 0 aromatic heterocycles. The molecule has 14 heavy (non-hydrogen) atoms. The van der Waals surface area contributed by atoms with Gasteiger partial charge >= 0.3 is 0 Å². The summed E-state index contributed by atoms with van der Waals surface area (Å²) in [5.41, 5.74) is 0.412. The highest BCUT2D eigenvalue weighted by Gasteiger charge is 2.27. The van der Waals surface area contributed by atoms with Crippen LogP contribution in [0.25, 0.3) is 0 Å². The van der Waals surface area contributed by atoms with Gasteiger partial charge in [0.15, 0.2) is 0 Å². The monoisotopic (exact) mass is 199 g/mol. The van der Waals surface area contributed by atoms with Gasteiger partial charge in [0.05, 0.1) is 6.61 Å². The molecule has 0 unspecified atom stereocenters. The smallest absolute Gasteiger partial charge is 0.0621 e. The molecule has 1 aliphatic rings. The summed E-state index contributed by atoms with van der Waals surface area (Å²) in [5.74, 6) is 0. The lowest BCUT2D eigenvalue weighted by atomic mass is 9.96. The van der Waals surface area contributed by atoms with E-state index in [1.807, 2.05) is 0 Å². The molecule has 0 aliphatic carbocycles. The molecule has 2 heteroatoms. The zero-order chi connectivity index (χ0) is 10.6. The van der Waals surface area contributed by atoms with Crippen molar-refractivity contribution in [1.29, 1.82) is 0 Å². The van der Waals surface area contributed by atoms with Gasteiger partial charge in [-0.2, -0.15) is 0 Å². The molecule has 0 N–H and O–H groups in total. The maximum Gasteiger partial charge on any atom is 0.0621 e. The normalized spacial score (nSPS) is 24.4. The third-order valence-electron chi connectivity index (χ3n) is 2.69. The Morgan fingerprint density at radius 3 is 2.64 bits per heavy atom. The van der Waals surface area contributed by atoms with Crippen molar-refractivity contribution in [2.75, 3.05) is 26.3 Å². The van der Waals surface area contributed by atoms with Crippen LogP contribution in [0, 0.1) is 5.41 Å². The Kier molecular flexibility index (Phi) is 4.39. The highest BCUT2D eigenvalue weighted by Crippen LogP contribution is 2.23. The molecule has 0 aromatic rings. The minimum absolute atomic E-state index is 0.412. The van der Waals surface area contributed by atoms with E-state index in [9.17, 15) is 0 Å². The largest absolute Gasteiger partial charge is 0.380 e. The van der Waals surface area contributed by atoms with Gasteiger partial charge in [-0.15, -0.1) is 0 Å². The first-order valence-corrected chi connectivity index (χ1v) is 5.85. The second-order valence-electron chi connectivity index (χ2n) is 5.49. The van der Waals surface area contributed by atoms with Crippen LogP contribution >= 0.6 is 0 Å². The zero-order valence-electron chi connectivity index (χ0n) is 10.2. The van der Waals surface area contributed by atoms with Crippen LogP contribution in [0.4, 0.5) is 0 Å². The molecule has 84 valence electrons. The molecular weight excluding hydrogens is 174 g/mol. The predicted molar refractivity (Wildman–Crippen MR) is 60.5 cm³/mol. The molecule has 1 atom stereocenters. The minimum Gasteiger partial charge on any atom is -0.380 e. The first kappa shape index (κ1) is 12.0. The topological polar surface area (TPSA) is 12.5 Å². The zero-order valence-corrected chi connectivity index (χ0v) is 10.2. The summed E-state index contributed by atoms with van der Waals surface area (Å²) in [7, 11) is 0. The Bertz CT molecular complexity index is 162. The van der Waals surface area contributed by atoms with Crippen molar-refractivity contribution in [1.82, 2.24) is 4.90 Å². The van der Waals surface area contributed by atoms with Crippen LogP contribution in [0.15, 0.2) is 0 Å². The predicted octanol–water partition coefficient (Wildman–Crippen LogP) is 2.53. The third kappa shape index (κ3) is 3.97. The van der Waals surface area contributed by atoms with Gasteiger partial charge in [0.1, 0.15) is 0 Å². The van der Waals surface area contributed by atoms with E-state index < -0.39 is 0 Å². The Balaban J connectivity index is 2.35. The average Bonchev–Trinajstić information content (AvgIpc) is 2.45. The Morgan fingerprint density at radius 1 is 1.36 bits per heavy atom. The molecule has 2 nitrogen and oxygen atoms in total. The summed E-state index contributed by atoms with van der Waals surface area (Å²) < 4.78 is 5.52. The summed E-state index contributed by atoms with van der Waals surface area (Å²) in [6.07, 6.45) is 2.66. The minimum atomic E-state index is 0.412. The third-order valence-corrected chi connectivity index (χ3v) is 2.69. The maximum atomic E-state index is 5.52. The fourth-order valence-corrected chi connectivity index (χ4v) is 2.16. The van der Waals surface area contributed by atoms with E-state index in [0.29, 0.717) is 11.5 Å². The highest BCUT2D eigenvalue weighted by molar-refractivity contribution is 4.82. The highest BCUT2D eigenvalue weighted by atomic mass is 16.5. The van der Waals surface area contributed by atoms with Crippen molar-refractivity contribution in [3.63, 3.8) is 0 Å². The fourth-order valence-electron chi connectivity index (χ4n) is 2.16. The van der Waals surface area contributed by atoms with Crippen molar-refractivity contribution in [2.45, 2.75) is 46.6 Å². The van der Waals surface area contributed by atoms with Gasteiger partial charge < -0.3 is 4.74 Å². The summed E-state index contributed by atoms with van der Waals surface area (Å²) in [5, 5.41) is 0. The maximum absolute atomic E-state index is 5.52. The van der Waals surface area contributed by atoms with E-state index in [0.717, 1.165) is 13.2 Å². The Hall–Kier alpha value is -0.0800. The van der Waals surface area contributed by atoms with Gasteiger partial charge in [0.2, 0.25) is 0 Å². The van der Waals surface area contributed by atoms with Gasteiger partial charge in [-0.1, -0.05) is 20.8 Å². The van der Waals surface area contributed by atoms with Crippen LogP contribution in [0.3, 0.4) is 0 Å². The molecule has 0 bridgehead atoms. The average molecular weight is 199 g/mol. The number of hydrogen-bond donors (Lipinski definition) is 0. The van der Waals surface area contributed by atoms with Crippen LogP contribution in [-0.4, -0.2) is 37.2 Å². The fraction of sp³-hybridized carbons (Fsp3) is 1.00. The number of rotatable bonds is 4. The molecular formula is C12H25NO. The standard InChI is InChI=1S/C12H25NO/c1-5-14-9-11-7-6-8-13(11)10-12(2,3)4/h11H,5-10H2,1-4H3/t11-/m0/s1. The SMILES string of the molecule is CCOC[C@@H]1CCCN1CC(C)(C)C. The summed E-state index contributed by atoms with van der Waals surface area (Å²) in [4.78, 5) is 2.59. The number of likely N-dealkylation sites (tertiary alicyclic amines) is 1. The van der Waals surface area contributed by atoms with Crippen LogP contribution in [0.1, 0.15) is 40.5 Å². The second-order valence-corrected chi connectivity index (χ2v) is 5.49. The van der Waals surface area contributed by atoms with Crippen molar-refractivity contribution < 1.29 is 4.74 Å². The van der Waals surface area contributed by atoms with E-state index >= 15 is 0 Å². The van der Waals surface area contributed by atoms with E-state index in [1.54, 1.807) is 0 Å². The lowest BCUT2D eigenvalue weighted by Crippen LogP contribution is -2.38. The van der Waals surface area contributed by atoms with Crippen molar-refractivity contribution in [3.8, 4) is 0 Å².